The summed E-state index contributed by atoms with van der Waals surface area (Å²) in [6.07, 6.45) is 0. The molecule has 0 spiro atoms. The molecule has 1 saturated carbocycles. The predicted molar refractivity (Wildman–Crippen MR) is 73.4 cm³/mol. The molecule has 0 aromatic heterocycles. The Labute approximate surface area is 114 Å². The Hall–Kier alpha value is -1.35. The van der Waals surface area contributed by atoms with Gasteiger partial charge in [0.15, 0.2) is 0 Å². The molecule has 3 heteroatoms. The first-order valence-electron chi connectivity index (χ1n) is 6.91. The molecule has 1 aliphatic heterocycles. The van der Waals surface area contributed by atoms with Crippen LogP contribution in [0, 0.1) is 17.3 Å². The maximum Gasteiger partial charge on any atom is 0.323 e. The first-order chi connectivity index (χ1) is 9.05. The molecule has 1 heterocycles. The van der Waals surface area contributed by atoms with Crippen LogP contribution in [0.3, 0.4) is 0 Å². The lowest BCUT2D eigenvalue weighted by Crippen LogP contribution is -2.42. The SMILES string of the molecule is COC(=O)[C@@H]1[C@@H]2[C@H](CN1Cc1ccccc1)C2(C)C. The van der Waals surface area contributed by atoms with E-state index in [2.05, 4.69) is 30.9 Å². The summed E-state index contributed by atoms with van der Waals surface area (Å²) in [5.74, 6) is 1.03. The molecule has 0 unspecified atom stereocenters. The lowest BCUT2D eigenvalue weighted by molar-refractivity contribution is -0.147. The molecule has 0 bridgehead atoms. The fraction of sp³-hybridized carbons (Fsp3) is 0.562. The smallest absolute Gasteiger partial charge is 0.323 e. The Morgan fingerprint density at radius 2 is 2.05 bits per heavy atom. The summed E-state index contributed by atoms with van der Waals surface area (Å²) in [6, 6.07) is 10.3. The summed E-state index contributed by atoms with van der Waals surface area (Å²) in [5, 5.41) is 0. The number of ether oxygens (including phenoxy) is 1. The summed E-state index contributed by atoms with van der Waals surface area (Å²) in [6.45, 7) is 6.37. The minimum absolute atomic E-state index is 0.0646. The zero-order chi connectivity index (χ0) is 13.6. The van der Waals surface area contributed by atoms with E-state index >= 15 is 0 Å². The van der Waals surface area contributed by atoms with Crippen molar-refractivity contribution in [3.8, 4) is 0 Å². The van der Waals surface area contributed by atoms with Gasteiger partial charge in [-0.15, -0.1) is 0 Å². The third kappa shape index (κ3) is 1.96. The fourth-order valence-electron chi connectivity index (χ4n) is 3.75. The van der Waals surface area contributed by atoms with Crippen LogP contribution in [0.2, 0.25) is 0 Å². The monoisotopic (exact) mass is 259 g/mol. The molecule has 1 aromatic carbocycles. The third-order valence-corrected chi connectivity index (χ3v) is 4.98. The van der Waals surface area contributed by atoms with Crippen LogP contribution in [0.4, 0.5) is 0 Å². The molecule has 1 saturated heterocycles. The highest BCUT2D eigenvalue weighted by Crippen LogP contribution is 2.65. The predicted octanol–water partition coefficient (Wildman–Crippen LogP) is 2.32. The molecule has 0 radical (unpaired) electrons. The van der Waals surface area contributed by atoms with Gasteiger partial charge in [-0.05, 0) is 22.8 Å². The summed E-state index contributed by atoms with van der Waals surface area (Å²) < 4.78 is 5.01. The van der Waals surface area contributed by atoms with E-state index in [-0.39, 0.29) is 12.0 Å². The highest BCUT2D eigenvalue weighted by Gasteiger charge is 2.68. The Morgan fingerprint density at radius 3 is 2.68 bits per heavy atom. The molecule has 0 N–H and O–H groups in total. The molecule has 1 aliphatic carbocycles. The Bertz CT molecular complexity index is 483. The molecule has 2 aliphatic rings. The quantitative estimate of drug-likeness (QED) is 0.780. The number of fused-ring (bicyclic) bond motifs is 1. The number of carbonyl (C=O) groups excluding carboxylic acids is 1. The molecule has 0 amide bonds. The van der Waals surface area contributed by atoms with Crippen molar-refractivity contribution in [2.45, 2.75) is 26.4 Å². The highest BCUT2D eigenvalue weighted by atomic mass is 16.5. The number of esters is 1. The number of benzene rings is 1. The van der Waals surface area contributed by atoms with E-state index in [4.69, 9.17) is 4.74 Å². The van der Waals surface area contributed by atoms with Gasteiger partial charge in [-0.1, -0.05) is 44.2 Å². The number of nitrogens with zero attached hydrogens (tertiary/aromatic N) is 1. The van der Waals surface area contributed by atoms with Crippen molar-refractivity contribution in [1.29, 1.82) is 0 Å². The molecule has 2 fully saturated rings. The van der Waals surface area contributed by atoms with Gasteiger partial charge in [0, 0.05) is 13.1 Å². The average molecular weight is 259 g/mol. The van der Waals surface area contributed by atoms with Gasteiger partial charge in [-0.3, -0.25) is 9.69 Å². The number of likely N-dealkylation sites (tertiary alicyclic amines) is 1. The maximum atomic E-state index is 12.1. The van der Waals surface area contributed by atoms with E-state index in [0.717, 1.165) is 13.1 Å². The first kappa shape index (κ1) is 12.7. The number of rotatable bonds is 3. The van der Waals surface area contributed by atoms with Crippen molar-refractivity contribution >= 4 is 5.97 Å². The number of piperidine rings is 1. The first-order valence-corrected chi connectivity index (χ1v) is 6.91. The van der Waals surface area contributed by atoms with Gasteiger partial charge in [-0.2, -0.15) is 0 Å². The van der Waals surface area contributed by atoms with Crippen LogP contribution in [-0.2, 0) is 16.1 Å². The van der Waals surface area contributed by atoms with Crippen molar-refractivity contribution < 1.29 is 9.53 Å². The normalized spacial score (nSPS) is 31.8. The van der Waals surface area contributed by atoms with E-state index in [1.165, 1.54) is 12.7 Å². The lowest BCUT2D eigenvalue weighted by atomic mass is 10.0. The highest BCUT2D eigenvalue weighted by molar-refractivity contribution is 5.77. The van der Waals surface area contributed by atoms with Crippen LogP contribution < -0.4 is 0 Å². The molecule has 3 atom stereocenters. The fourth-order valence-corrected chi connectivity index (χ4v) is 3.75. The standard InChI is InChI=1S/C16H21NO2/c1-16(2)12-10-17(9-11-7-5-4-6-8-11)14(13(12)16)15(18)19-3/h4-8,12-14H,9-10H2,1-3H3/t12-,13-,14-/m0/s1. The largest absolute Gasteiger partial charge is 0.468 e. The topological polar surface area (TPSA) is 29.5 Å². The number of methoxy groups -OCH3 is 1. The van der Waals surface area contributed by atoms with Gasteiger partial charge in [0.05, 0.1) is 7.11 Å². The van der Waals surface area contributed by atoms with Gasteiger partial charge >= 0.3 is 5.97 Å². The van der Waals surface area contributed by atoms with Crippen LogP contribution in [0.25, 0.3) is 0 Å². The zero-order valence-corrected chi connectivity index (χ0v) is 11.8. The molecular formula is C16H21NO2. The van der Waals surface area contributed by atoms with Crippen LogP contribution in [0.5, 0.6) is 0 Å². The lowest BCUT2D eigenvalue weighted by Gasteiger charge is -2.28. The van der Waals surface area contributed by atoms with Gasteiger partial charge in [-0.25, -0.2) is 0 Å². The zero-order valence-electron chi connectivity index (χ0n) is 11.8. The Kier molecular flexibility index (Phi) is 2.90. The van der Waals surface area contributed by atoms with Crippen molar-refractivity contribution in [2.24, 2.45) is 17.3 Å². The van der Waals surface area contributed by atoms with Gasteiger partial charge < -0.3 is 4.74 Å². The summed E-state index contributed by atoms with van der Waals surface area (Å²) >= 11 is 0. The molecular weight excluding hydrogens is 238 g/mol. The van der Waals surface area contributed by atoms with Crippen molar-refractivity contribution in [2.75, 3.05) is 13.7 Å². The third-order valence-electron chi connectivity index (χ3n) is 4.98. The summed E-state index contributed by atoms with van der Waals surface area (Å²) in [7, 11) is 1.49. The second-order valence-corrected chi connectivity index (χ2v) is 6.34. The second kappa shape index (κ2) is 4.34. The van der Waals surface area contributed by atoms with Crippen LogP contribution in [-0.4, -0.2) is 30.6 Å². The van der Waals surface area contributed by atoms with E-state index in [9.17, 15) is 4.79 Å². The van der Waals surface area contributed by atoms with E-state index < -0.39 is 0 Å². The summed E-state index contributed by atoms with van der Waals surface area (Å²) in [4.78, 5) is 14.4. The van der Waals surface area contributed by atoms with Crippen LogP contribution >= 0.6 is 0 Å². The molecule has 3 rings (SSSR count). The van der Waals surface area contributed by atoms with Crippen molar-refractivity contribution in [1.82, 2.24) is 4.90 Å². The minimum Gasteiger partial charge on any atom is -0.468 e. The van der Waals surface area contributed by atoms with Crippen LogP contribution in [0.15, 0.2) is 30.3 Å². The van der Waals surface area contributed by atoms with Gasteiger partial charge in [0.1, 0.15) is 6.04 Å². The van der Waals surface area contributed by atoms with Crippen molar-refractivity contribution in [3.05, 3.63) is 35.9 Å². The molecule has 102 valence electrons. The Balaban J connectivity index is 1.77. The molecule has 19 heavy (non-hydrogen) atoms. The van der Waals surface area contributed by atoms with E-state index in [0.29, 0.717) is 17.3 Å². The molecule has 1 aromatic rings. The van der Waals surface area contributed by atoms with E-state index in [1.807, 2.05) is 18.2 Å². The van der Waals surface area contributed by atoms with E-state index in [1.54, 1.807) is 0 Å². The van der Waals surface area contributed by atoms with Gasteiger partial charge in [0.2, 0.25) is 0 Å². The molecule has 3 nitrogen and oxygen atoms in total. The minimum atomic E-state index is -0.0750. The maximum absolute atomic E-state index is 12.1. The van der Waals surface area contributed by atoms with Crippen LogP contribution in [0.1, 0.15) is 19.4 Å². The number of hydrogen-bond donors (Lipinski definition) is 0. The second-order valence-electron chi connectivity index (χ2n) is 6.34. The number of carbonyl (C=O) groups is 1. The van der Waals surface area contributed by atoms with Gasteiger partial charge in [0.25, 0.3) is 0 Å². The van der Waals surface area contributed by atoms with Crippen molar-refractivity contribution in [3.63, 3.8) is 0 Å². The summed E-state index contributed by atoms with van der Waals surface area (Å²) in [5.41, 5.74) is 1.56. The number of hydrogen-bond acceptors (Lipinski definition) is 3. The Morgan fingerprint density at radius 1 is 1.37 bits per heavy atom. The average Bonchev–Trinajstić information content (AvgIpc) is 2.76.